The summed E-state index contributed by atoms with van der Waals surface area (Å²) in [5.41, 5.74) is 0. The Balaban J connectivity index is 2.10. The van der Waals surface area contributed by atoms with Crippen molar-refractivity contribution < 1.29 is 41.6 Å². The molecule has 0 aromatic rings. The summed E-state index contributed by atoms with van der Waals surface area (Å²) in [6.45, 7) is 2.18. The number of aliphatic hydroxyl groups is 1. The monoisotopic (exact) mass is 577 g/mol. The molecule has 11 heteroatoms. The zero-order chi connectivity index (χ0) is 28.8. The van der Waals surface area contributed by atoms with Crippen molar-refractivity contribution in [2.24, 2.45) is 5.90 Å². The maximum atomic E-state index is 12.3. The second-order valence-corrected chi connectivity index (χ2v) is 12.0. The molecule has 3 unspecified atom stereocenters. The highest BCUT2D eigenvalue weighted by Gasteiger charge is 2.38. The summed E-state index contributed by atoms with van der Waals surface area (Å²) >= 11 is 0. The first kappa shape index (κ1) is 35.5. The quantitative estimate of drug-likeness (QED) is 0.0680. The Bertz CT molecular complexity index is 788. The number of carbonyl (C=O) groups is 2. The first-order valence-corrected chi connectivity index (χ1v) is 16.2. The summed E-state index contributed by atoms with van der Waals surface area (Å²) in [5, 5.41) is 7.99. The molecule has 0 spiro atoms. The first-order valence-electron chi connectivity index (χ1n) is 14.7. The minimum absolute atomic E-state index is 0.132. The van der Waals surface area contributed by atoms with Gasteiger partial charge in [-0.1, -0.05) is 115 Å². The molecule has 0 bridgehead atoms. The molecule has 0 aromatic heterocycles. The van der Waals surface area contributed by atoms with Crippen LogP contribution in [0, 0.1) is 0 Å². The average molecular weight is 578 g/mol. The molecular formula is C28H51NO9S. The zero-order valence-electron chi connectivity index (χ0n) is 23.7. The van der Waals surface area contributed by atoms with E-state index in [0.29, 0.717) is 13.0 Å². The van der Waals surface area contributed by atoms with Crippen LogP contribution >= 0.6 is 0 Å². The highest BCUT2D eigenvalue weighted by Crippen LogP contribution is 2.15. The lowest BCUT2D eigenvalue weighted by Crippen LogP contribution is -2.39. The molecule has 0 saturated carbocycles. The third kappa shape index (κ3) is 17.0. The molecule has 0 aliphatic carbocycles. The van der Waals surface area contributed by atoms with Gasteiger partial charge in [0.1, 0.15) is 18.8 Å². The Morgan fingerprint density at radius 1 is 0.897 bits per heavy atom. The van der Waals surface area contributed by atoms with Crippen LogP contribution in [-0.4, -0.2) is 62.7 Å². The van der Waals surface area contributed by atoms with Crippen LogP contribution in [0.5, 0.6) is 0 Å². The van der Waals surface area contributed by atoms with Crippen LogP contribution in [0.1, 0.15) is 116 Å². The third-order valence-corrected chi connectivity index (χ3v) is 8.17. The number of ether oxygens (including phenoxy) is 3. The third-order valence-electron chi connectivity index (χ3n) is 6.84. The summed E-state index contributed by atoms with van der Waals surface area (Å²) < 4.78 is 43.2. The van der Waals surface area contributed by atoms with Crippen molar-refractivity contribution in [3.8, 4) is 0 Å². The van der Waals surface area contributed by atoms with E-state index in [9.17, 15) is 23.1 Å². The van der Waals surface area contributed by atoms with Crippen molar-refractivity contribution in [2.45, 2.75) is 134 Å². The van der Waals surface area contributed by atoms with Crippen LogP contribution in [0.3, 0.4) is 0 Å². The van der Waals surface area contributed by atoms with E-state index in [1.165, 1.54) is 77.0 Å². The largest absolute Gasteiger partial charge is 0.466 e. The van der Waals surface area contributed by atoms with E-state index in [2.05, 4.69) is 11.2 Å². The van der Waals surface area contributed by atoms with Gasteiger partial charge < -0.3 is 19.3 Å². The first-order chi connectivity index (χ1) is 18.8. The van der Waals surface area contributed by atoms with Gasteiger partial charge in [-0.2, -0.15) is 18.6 Å². The van der Waals surface area contributed by atoms with Crippen LogP contribution in [0.25, 0.3) is 0 Å². The number of aliphatic hydroxyl groups excluding tert-OH is 1. The minimum Gasteiger partial charge on any atom is -0.466 e. The minimum atomic E-state index is -4.61. The van der Waals surface area contributed by atoms with Gasteiger partial charge in [-0.15, -0.1) is 0 Å². The fourth-order valence-corrected chi connectivity index (χ4v) is 5.20. The molecule has 3 atom stereocenters. The predicted octanol–water partition coefficient (Wildman–Crippen LogP) is 4.63. The maximum absolute atomic E-state index is 12.3. The van der Waals surface area contributed by atoms with E-state index in [4.69, 9.17) is 20.1 Å². The number of carbonyl (C=O) groups excluding carboxylic acids is 2. The van der Waals surface area contributed by atoms with Crippen molar-refractivity contribution in [1.29, 1.82) is 0 Å². The predicted molar refractivity (Wildman–Crippen MR) is 149 cm³/mol. The van der Waals surface area contributed by atoms with E-state index < -0.39 is 52.5 Å². The molecule has 0 saturated heterocycles. The van der Waals surface area contributed by atoms with Crippen LogP contribution in [-0.2, 0) is 38.2 Å². The van der Waals surface area contributed by atoms with E-state index in [1.54, 1.807) is 12.2 Å². The van der Waals surface area contributed by atoms with Crippen LogP contribution in [0.4, 0.5) is 0 Å². The Hall–Kier alpha value is -1.53. The van der Waals surface area contributed by atoms with Crippen molar-refractivity contribution in [1.82, 2.24) is 0 Å². The average Bonchev–Trinajstić information content (AvgIpc) is 3.47. The van der Waals surface area contributed by atoms with E-state index in [0.717, 1.165) is 19.3 Å². The number of hydrogen-bond donors (Lipinski definition) is 2. The molecule has 0 aromatic carbocycles. The molecule has 1 aliphatic heterocycles. The Morgan fingerprint density at radius 2 is 1.41 bits per heavy atom. The van der Waals surface area contributed by atoms with E-state index in [1.807, 2.05) is 0 Å². The van der Waals surface area contributed by atoms with Gasteiger partial charge in [0, 0.05) is 0 Å². The van der Waals surface area contributed by atoms with Gasteiger partial charge in [-0.05, 0) is 6.42 Å². The highest BCUT2D eigenvalue weighted by molar-refractivity contribution is 7.88. The fourth-order valence-electron chi connectivity index (χ4n) is 4.42. The van der Waals surface area contributed by atoms with Crippen LogP contribution < -0.4 is 5.90 Å². The number of esters is 2. The van der Waals surface area contributed by atoms with Crippen molar-refractivity contribution >= 4 is 22.1 Å². The smallest absolute Gasteiger partial charge is 0.327 e. The molecule has 39 heavy (non-hydrogen) atoms. The van der Waals surface area contributed by atoms with Gasteiger partial charge in [-0.3, -0.25) is 9.59 Å². The van der Waals surface area contributed by atoms with Gasteiger partial charge in [-0.25, -0.2) is 0 Å². The molecule has 228 valence electrons. The summed E-state index contributed by atoms with van der Waals surface area (Å²) in [4.78, 5) is 24.5. The molecule has 0 radical (unpaired) electrons. The van der Waals surface area contributed by atoms with Gasteiger partial charge in [0.25, 0.3) is 10.1 Å². The lowest BCUT2D eigenvalue weighted by Gasteiger charge is -2.19. The lowest BCUT2D eigenvalue weighted by atomic mass is 10.0. The fraction of sp³-hybridized carbons (Fsp3) is 0.857. The normalized spacial score (nSPS) is 16.7. The molecular weight excluding hydrogens is 526 g/mol. The Kier molecular flexibility index (Phi) is 20.2. The van der Waals surface area contributed by atoms with Crippen LogP contribution in [0.15, 0.2) is 12.2 Å². The summed E-state index contributed by atoms with van der Waals surface area (Å²) in [6, 6.07) is 0. The van der Waals surface area contributed by atoms with Crippen LogP contribution in [0.2, 0.25) is 0 Å². The summed E-state index contributed by atoms with van der Waals surface area (Å²) in [7, 11) is -4.61. The molecule has 1 rings (SSSR count). The molecule has 0 fully saturated rings. The Labute approximate surface area is 235 Å². The number of rotatable bonds is 25. The maximum Gasteiger partial charge on any atom is 0.327 e. The molecule has 3 N–H and O–H groups in total. The zero-order valence-corrected chi connectivity index (χ0v) is 24.5. The molecule has 10 nitrogen and oxygen atoms in total. The van der Waals surface area contributed by atoms with E-state index >= 15 is 0 Å². The summed E-state index contributed by atoms with van der Waals surface area (Å²) in [5.74, 6) is 2.66. The van der Waals surface area contributed by atoms with Crippen molar-refractivity contribution in [3.63, 3.8) is 0 Å². The topological polar surface area (TPSA) is 151 Å². The SMILES string of the molecule is CCCCCCCCCCCCCCCCCCOC(=O)CC(C(=O)OCC(O)C1C=CCO1)S(=O)(=O)ON. The van der Waals surface area contributed by atoms with Gasteiger partial charge >= 0.3 is 11.9 Å². The number of hydrogen-bond acceptors (Lipinski definition) is 10. The second kappa shape index (κ2) is 22.2. The van der Waals surface area contributed by atoms with E-state index in [-0.39, 0.29) is 6.61 Å². The Morgan fingerprint density at radius 3 is 1.87 bits per heavy atom. The molecule has 1 heterocycles. The summed E-state index contributed by atoms with van der Waals surface area (Å²) in [6.07, 6.45) is 20.3. The molecule has 0 amide bonds. The lowest BCUT2D eigenvalue weighted by molar-refractivity contribution is -0.153. The molecule has 1 aliphatic rings. The van der Waals surface area contributed by atoms with Gasteiger partial charge in [0.2, 0.25) is 0 Å². The second-order valence-electron chi connectivity index (χ2n) is 10.2. The van der Waals surface area contributed by atoms with Gasteiger partial charge in [0.15, 0.2) is 5.25 Å². The van der Waals surface area contributed by atoms with Gasteiger partial charge in [0.05, 0.1) is 19.6 Å². The number of nitrogens with two attached hydrogens (primary N) is 1. The standard InChI is InChI=1S/C28H51NO9S/c1-2-3-4-5-6-7-8-9-10-11-12-13-14-15-16-17-20-36-27(31)22-26(39(33,34)38-29)28(32)37-23-24(30)25-19-18-21-35-25/h18-19,24-26,30H,2-17,20-23,29H2,1H3. The number of unbranched alkanes of at least 4 members (excludes halogenated alkanes) is 15. The van der Waals surface area contributed by atoms with Crippen molar-refractivity contribution in [3.05, 3.63) is 12.2 Å². The van der Waals surface area contributed by atoms with Crippen molar-refractivity contribution in [2.75, 3.05) is 19.8 Å². The highest BCUT2D eigenvalue weighted by atomic mass is 32.2.